The van der Waals surface area contributed by atoms with E-state index in [9.17, 15) is 34.4 Å². The number of nitrogens with one attached hydrogen (secondary N) is 1. The van der Waals surface area contributed by atoms with Crippen LogP contribution in [0.3, 0.4) is 0 Å². The minimum Gasteiger partial charge on any atom is -0.289 e. The SMILES string of the molecule is C=CS(=O)(=O)C=C.CS(=O)(=O)C1=NNC(c2ccc(F)cc2)(C(F)(F)F)C1. The van der Waals surface area contributed by atoms with Crippen LogP contribution in [-0.2, 0) is 25.2 Å². The predicted molar refractivity (Wildman–Crippen MR) is 93.5 cm³/mol. The van der Waals surface area contributed by atoms with Crippen molar-refractivity contribution in [2.24, 2.45) is 5.10 Å². The number of rotatable bonds is 3. The second-order valence-corrected chi connectivity index (χ2v) is 9.26. The van der Waals surface area contributed by atoms with E-state index in [1.165, 1.54) is 0 Å². The van der Waals surface area contributed by atoms with E-state index in [1.54, 1.807) is 0 Å². The number of hydrogen-bond donors (Lipinski definition) is 1. The topological polar surface area (TPSA) is 92.7 Å². The van der Waals surface area contributed by atoms with Gasteiger partial charge < -0.3 is 0 Å². The molecule has 1 aliphatic rings. The van der Waals surface area contributed by atoms with E-state index in [0.717, 1.165) is 41.3 Å². The molecule has 1 atom stereocenters. The van der Waals surface area contributed by atoms with Crippen LogP contribution >= 0.6 is 0 Å². The standard InChI is InChI=1S/C11H10F4N2O2S.C4H6O2S/c1-20(18,19)9-6-10(17-16-9,11(13,14)15)7-2-4-8(12)5-3-7;1-3-7(5,6)4-2/h2-5,17H,6H2,1H3;3-4H,1-2H2. The first-order valence-corrected chi connectivity index (χ1v) is 10.5. The minimum absolute atomic E-state index is 0.297. The molecule has 1 aromatic carbocycles. The van der Waals surface area contributed by atoms with Gasteiger partial charge in [0.2, 0.25) is 0 Å². The lowest BCUT2D eigenvalue weighted by molar-refractivity contribution is -0.196. The Kier molecular flexibility index (Phi) is 6.60. The average molecular weight is 428 g/mol. The molecule has 2 rings (SSSR count). The van der Waals surface area contributed by atoms with Crippen molar-refractivity contribution in [1.29, 1.82) is 0 Å². The largest absolute Gasteiger partial charge is 0.417 e. The molecule has 0 aliphatic carbocycles. The normalized spacial score (nSPS) is 20.0. The van der Waals surface area contributed by atoms with E-state index in [0.29, 0.717) is 0 Å². The van der Waals surface area contributed by atoms with Crippen LogP contribution in [0.5, 0.6) is 0 Å². The van der Waals surface area contributed by atoms with Crippen LogP contribution < -0.4 is 5.43 Å². The van der Waals surface area contributed by atoms with Crippen molar-refractivity contribution >= 4 is 24.7 Å². The second kappa shape index (κ2) is 7.80. The van der Waals surface area contributed by atoms with Gasteiger partial charge in [0.1, 0.15) is 5.82 Å². The summed E-state index contributed by atoms with van der Waals surface area (Å²) in [5.74, 6) is -0.687. The summed E-state index contributed by atoms with van der Waals surface area (Å²) >= 11 is 0. The Morgan fingerprint density at radius 2 is 1.59 bits per heavy atom. The Morgan fingerprint density at radius 1 is 1.11 bits per heavy atom. The maximum absolute atomic E-state index is 13.3. The highest BCUT2D eigenvalue weighted by Gasteiger charge is 2.60. The fourth-order valence-corrected chi connectivity index (χ4v) is 2.80. The number of nitrogens with zero attached hydrogens (tertiary/aromatic N) is 1. The van der Waals surface area contributed by atoms with Gasteiger partial charge in [0.25, 0.3) is 0 Å². The smallest absolute Gasteiger partial charge is 0.289 e. The van der Waals surface area contributed by atoms with Crippen LogP contribution in [-0.4, -0.2) is 34.3 Å². The summed E-state index contributed by atoms with van der Waals surface area (Å²) in [6, 6.07) is 3.67. The van der Waals surface area contributed by atoms with Crippen LogP contribution in [0.4, 0.5) is 17.6 Å². The molecule has 0 fully saturated rings. The molecule has 12 heteroatoms. The molecule has 0 saturated carbocycles. The number of sulfone groups is 2. The minimum atomic E-state index is -4.79. The molecule has 6 nitrogen and oxygen atoms in total. The van der Waals surface area contributed by atoms with Gasteiger partial charge >= 0.3 is 6.18 Å². The van der Waals surface area contributed by atoms with Crippen molar-refractivity contribution < 1.29 is 34.4 Å². The molecule has 0 spiro atoms. The van der Waals surface area contributed by atoms with Crippen molar-refractivity contribution in [3.63, 3.8) is 0 Å². The van der Waals surface area contributed by atoms with Crippen LogP contribution in [0.15, 0.2) is 53.3 Å². The number of hydrazone groups is 1. The molecule has 1 aliphatic heterocycles. The second-order valence-electron chi connectivity index (χ2n) is 5.40. The van der Waals surface area contributed by atoms with Gasteiger partial charge in [-0.15, -0.1) is 0 Å². The van der Waals surface area contributed by atoms with Gasteiger partial charge in [-0.1, -0.05) is 25.3 Å². The maximum Gasteiger partial charge on any atom is 0.417 e. The highest BCUT2D eigenvalue weighted by molar-refractivity contribution is 8.05. The van der Waals surface area contributed by atoms with Gasteiger partial charge in [-0.3, -0.25) is 5.43 Å². The third-order valence-corrected chi connectivity index (χ3v) is 5.52. The Hall–Kier alpha value is -2.21. The predicted octanol–water partition coefficient (Wildman–Crippen LogP) is 2.62. The summed E-state index contributed by atoms with van der Waals surface area (Å²) < 4.78 is 95.8. The molecule has 27 heavy (non-hydrogen) atoms. The lowest BCUT2D eigenvalue weighted by atomic mass is 9.87. The van der Waals surface area contributed by atoms with Crippen molar-refractivity contribution in [2.75, 3.05) is 6.26 Å². The van der Waals surface area contributed by atoms with Crippen molar-refractivity contribution in [3.05, 3.63) is 59.6 Å². The van der Waals surface area contributed by atoms with E-state index < -0.39 is 48.7 Å². The zero-order valence-electron chi connectivity index (χ0n) is 14.0. The Balaban J connectivity index is 0.000000445. The lowest BCUT2D eigenvalue weighted by Crippen LogP contribution is -2.50. The van der Waals surface area contributed by atoms with Crippen molar-refractivity contribution in [1.82, 2.24) is 5.43 Å². The Morgan fingerprint density at radius 3 is 1.89 bits per heavy atom. The highest BCUT2D eigenvalue weighted by Crippen LogP contribution is 2.44. The first-order valence-electron chi connectivity index (χ1n) is 7.05. The molecule has 0 amide bonds. The molecule has 1 heterocycles. The summed E-state index contributed by atoms with van der Waals surface area (Å²) in [6.45, 7) is 6.09. The molecular weight excluding hydrogens is 412 g/mol. The first kappa shape index (κ1) is 22.8. The van der Waals surface area contributed by atoms with E-state index >= 15 is 0 Å². The molecule has 0 radical (unpaired) electrons. The van der Waals surface area contributed by atoms with Gasteiger partial charge in [-0.25, -0.2) is 21.2 Å². The van der Waals surface area contributed by atoms with E-state index in [2.05, 4.69) is 18.3 Å². The molecule has 0 aromatic heterocycles. The fraction of sp³-hybridized carbons (Fsp3) is 0.267. The number of hydrogen-bond acceptors (Lipinski definition) is 6. The first-order chi connectivity index (χ1) is 12.2. The highest BCUT2D eigenvalue weighted by atomic mass is 32.2. The summed E-state index contributed by atoms with van der Waals surface area (Å²) in [5, 5.41) is 4.40. The molecule has 0 saturated heterocycles. The average Bonchev–Trinajstić information content (AvgIpc) is 3.03. The number of halogens is 4. The monoisotopic (exact) mass is 428 g/mol. The third kappa shape index (κ3) is 5.39. The van der Waals surface area contributed by atoms with E-state index in [-0.39, 0.29) is 5.56 Å². The van der Waals surface area contributed by atoms with Gasteiger partial charge in [-0.05, 0) is 17.7 Å². The third-order valence-electron chi connectivity index (χ3n) is 3.50. The zero-order valence-corrected chi connectivity index (χ0v) is 15.6. The Bertz CT molecular complexity index is 939. The molecular formula is C15H16F4N2O4S2. The molecule has 0 bridgehead atoms. The van der Waals surface area contributed by atoms with Crippen LogP contribution in [0, 0.1) is 5.82 Å². The maximum atomic E-state index is 13.3. The summed E-state index contributed by atoms with van der Waals surface area (Å²) in [6.07, 6.45) is -4.87. The van der Waals surface area contributed by atoms with Gasteiger partial charge in [0.15, 0.2) is 30.3 Å². The number of alkyl halides is 3. The van der Waals surface area contributed by atoms with Crippen LogP contribution in [0.25, 0.3) is 0 Å². The molecule has 1 N–H and O–H groups in total. The fourth-order valence-electron chi connectivity index (χ4n) is 1.97. The van der Waals surface area contributed by atoms with Gasteiger partial charge in [-0.2, -0.15) is 18.3 Å². The summed E-state index contributed by atoms with van der Waals surface area (Å²) in [7, 11) is -6.97. The Labute approximate surface area is 154 Å². The summed E-state index contributed by atoms with van der Waals surface area (Å²) in [5.41, 5.74) is -1.09. The van der Waals surface area contributed by atoms with Crippen molar-refractivity contribution in [3.8, 4) is 0 Å². The van der Waals surface area contributed by atoms with Crippen molar-refractivity contribution in [2.45, 2.75) is 18.1 Å². The number of benzene rings is 1. The van der Waals surface area contributed by atoms with Gasteiger partial charge in [0.05, 0.1) is 0 Å². The zero-order chi connectivity index (χ0) is 21.1. The molecule has 150 valence electrons. The van der Waals surface area contributed by atoms with Gasteiger partial charge in [0, 0.05) is 23.5 Å². The van der Waals surface area contributed by atoms with Crippen LogP contribution in [0.2, 0.25) is 0 Å². The summed E-state index contributed by atoms with van der Waals surface area (Å²) in [4.78, 5) is 0. The van der Waals surface area contributed by atoms with E-state index in [1.807, 2.05) is 5.43 Å². The molecule has 1 unspecified atom stereocenters. The van der Waals surface area contributed by atoms with Crippen LogP contribution in [0.1, 0.15) is 12.0 Å². The lowest BCUT2D eigenvalue weighted by Gasteiger charge is -2.31. The molecule has 1 aromatic rings. The van der Waals surface area contributed by atoms with E-state index in [4.69, 9.17) is 0 Å². The quantitative estimate of drug-likeness (QED) is 0.748.